The molecule has 0 amide bonds. The van der Waals surface area contributed by atoms with E-state index >= 15 is 0 Å². The molecule has 0 aliphatic heterocycles. The molecule has 2 rings (SSSR count). The topological polar surface area (TPSA) is 15.8 Å². The number of H-pyrrole nitrogens is 1. The van der Waals surface area contributed by atoms with E-state index in [0.717, 1.165) is 6.42 Å². The van der Waals surface area contributed by atoms with Crippen LogP contribution in [0.1, 0.15) is 59.1 Å². The van der Waals surface area contributed by atoms with Crippen molar-refractivity contribution in [3.8, 4) is 0 Å². The molecule has 0 bridgehead atoms. The average Bonchev–Trinajstić information content (AvgIpc) is 2.91. The summed E-state index contributed by atoms with van der Waals surface area (Å²) in [7, 11) is 0. The Morgan fingerprint density at radius 3 is 1.81 bits per heavy atom. The molecule has 116 valence electrons. The average molecular weight is 406 g/mol. The van der Waals surface area contributed by atoms with E-state index in [1.807, 2.05) is 12.2 Å². The van der Waals surface area contributed by atoms with E-state index in [0.29, 0.717) is 0 Å². The number of hydrogen-bond donors (Lipinski definition) is 1. The molecular weight excluding hydrogens is 380 g/mol. The van der Waals surface area contributed by atoms with E-state index in [1.54, 1.807) is 0 Å². The third kappa shape index (κ3) is 9.06. The zero-order chi connectivity index (χ0) is 13.8. The Balaban J connectivity index is -0.000000349. The predicted molar refractivity (Wildman–Crippen MR) is 78.6 cm³/mol. The van der Waals surface area contributed by atoms with Crippen molar-refractivity contribution >= 4 is 0 Å². The molecule has 0 unspecified atom stereocenters. The zero-order valence-corrected chi connectivity index (χ0v) is 17.7. The van der Waals surface area contributed by atoms with E-state index in [1.165, 1.54) is 11.1 Å². The van der Waals surface area contributed by atoms with Crippen LogP contribution in [0.2, 0.25) is 0 Å². The van der Waals surface area contributed by atoms with Gasteiger partial charge in [0.05, 0.1) is 0 Å². The summed E-state index contributed by atoms with van der Waals surface area (Å²) in [6.07, 6.45) is 15.3. The molecule has 4 heteroatoms. The van der Waals surface area contributed by atoms with Crippen molar-refractivity contribution in [1.29, 1.82) is 0 Å². The van der Waals surface area contributed by atoms with Crippen LogP contribution in [0.5, 0.6) is 0 Å². The van der Waals surface area contributed by atoms with Crippen LogP contribution >= 0.6 is 0 Å². The van der Waals surface area contributed by atoms with Gasteiger partial charge in [-0.05, 0) is 5.41 Å². The summed E-state index contributed by atoms with van der Waals surface area (Å²) in [6.45, 7) is 13.4. The van der Waals surface area contributed by atoms with Gasteiger partial charge in [0.2, 0.25) is 0 Å². The van der Waals surface area contributed by atoms with Crippen LogP contribution in [0, 0.1) is 12.3 Å². The van der Waals surface area contributed by atoms with E-state index < -0.39 is 0 Å². The molecule has 0 radical (unpaired) electrons. The van der Waals surface area contributed by atoms with Gasteiger partial charge in [-0.2, -0.15) is 11.6 Å². The van der Waals surface area contributed by atoms with Crippen molar-refractivity contribution in [3.63, 3.8) is 0 Å². The maximum Gasteiger partial charge on any atom is 4.00 e. The van der Waals surface area contributed by atoms with Gasteiger partial charge in [0, 0.05) is 0 Å². The van der Waals surface area contributed by atoms with Crippen molar-refractivity contribution < 1.29 is 51.0 Å². The first kappa shape index (κ1) is 26.1. The Morgan fingerprint density at radius 1 is 1.00 bits per heavy atom. The fourth-order valence-corrected chi connectivity index (χ4v) is 1.84. The molecule has 1 nitrogen and oxygen atoms in total. The molecule has 1 aromatic heterocycles. The predicted octanol–water partition coefficient (Wildman–Crippen LogP) is -1.28. The second-order valence-electron chi connectivity index (χ2n) is 6.71. The zero-order valence-electron chi connectivity index (χ0n) is 13.8. The fourth-order valence-electron chi connectivity index (χ4n) is 1.84. The molecule has 0 saturated carbocycles. The number of aromatic amines is 1. The molecule has 0 aromatic carbocycles. The van der Waals surface area contributed by atoms with Crippen LogP contribution in [0.3, 0.4) is 0 Å². The largest absolute Gasteiger partial charge is 4.00 e. The molecular formula is C17H25Cl2NZr. The standard InChI is InChI=1S/C12H20N.C5H5.2ClH.Zr/c1-11(2,3)9-7-13-8-10(9)12(4,5)6;1-2-4-5-3-1;;;/h7,13H,1-6H3;1-3H,4H2;2*1H;/q2*-1;;;+4/p-2. The van der Waals surface area contributed by atoms with Gasteiger partial charge < -0.3 is 29.8 Å². The Labute approximate surface area is 162 Å². The monoisotopic (exact) mass is 403 g/mol. The second kappa shape index (κ2) is 10.9. The number of halogens is 2. The summed E-state index contributed by atoms with van der Waals surface area (Å²) in [6, 6.07) is 0. The van der Waals surface area contributed by atoms with Gasteiger partial charge in [0.1, 0.15) is 0 Å². The maximum atomic E-state index is 3.23. The van der Waals surface area contributed by atoms with Gasteiger partial charge in [0.25, 0.3) is 0 Å². The summed E-state index contributed by atoms with van der Waals surface area (Å²) < 4.78 is 0. The Hall–Kier alpha value is 0.223. The number of allylic oxidation sites excluding steroid dienone is 4. The van der Waals surface area contributed by atoms with Crippen LogP contribution in [-0.4, -0.2) is 4.98 Å². The first-order valence-electron chi connectivity index (χ1n) is 6.54. The Morgan fingerprint density at radius 2 is 1.57 bits per heavy atom. The minimum absolute atomic E-state index is 0. The summed E-state index contributed by atoms with van der Waals surface area (Å²) in [5, 5.41) is 0. The van der Waals surface area contributed by atoms with Crippen molar-refractivity contribution in [2.75, 3.05) is 0 Å². The Bertz CT molecular complexity index is 396. The molecule has 0 spiro atoms. The molecule has 1 heterocycles. The molecule has 1 aliphatic rings. The summed E-state index contributed by atoms with van der Waals surface area (Å²) >= 11 is 0. The van der Waals surface area contributed by atoms with E-state index in [-0.39, 0.29) is 61.8 Å². The summed E-state index contributed by atoms with van der Waals surface area (Å²) in [4.78, 5) is 3.09. The van der Waals surface area contributed by atoms with E-state index in [4.69, 9.17) is 0 Å². The Kier molecular flexibility index (Phi) is 13.5. The SMILES string of the molecule is CC(C)(C)c1[c-][nH]cc1C(C)(C)C.[C-]1=CC=CC1.[Cl-].[Cl-].[Zr+4]. The fraction of sp³-hybridized carbons (Fsp3) is 0.529. The van der Waals surface area contributed by atoms with Crippen molar-refractivity contribution in [3.05, 3.63) is 47.8 Å². The molecule has 1 N–H and O–H groups in total. The van der Waals surface area contributed by atoms with Crippen LogP contribution in [0.4, 0.5) is 0 Å². The number of rotatable bonds is 0. The summed E-state index contributed by atoms with van der Waals surface area (Å²) in [5.74, 6) is 0. The van der Waals surface area contributed by atoms with Gasteiger partial charge in [-0.25, -0.2) is 12.2 Å². The molecule has 0 saturated heterocycles. The van der Waals surface area contributed by atoms with E-state index in [2.05, 4.69) is 71.1 Å². The van der Waals surface area contributed by atoms with Crippen LogP contribution in [0.25, 0.3) is 0 Å². The number of hydrogen-bond acceptors (Lipinski definition) is 0. The van der Waals surface area contributed by atoms with Crippen LogP contribution in [0.15, 0.2) is 24.4 Å². The van der Waals surface area contributed by atoms with Crippen molar-refractivity contribution in [1.82, 2.24) is 4.98 Å². The smallest absolute Gasteiger partial charge is 1.00 e. The van der Waals surface area contributed by atoms with Crippen molar-refractivity contribution in [2.24, 2.45) is 0 Å². The van der Waals surface area contributed by atoms with Gasteiger partial charge >= 0.3 is 26.2 Å². The number of aromatic nitrogens is 1. The second-order valence-corrected chi connectivity index (χ2v) is 6.71. The first-order valence-corrected chi connectivity index (χ1v) is 6.54. The molecule has 0 fully saturated rings. The van der Waals surface area contributed by atoms with Crippen LogP contribution < -0.4 is 24.8 Å². The van der Waals surface area contributed by atoms with Crippen molar-refractivity contribution in [2.45, 2.75) is 58.8 Å². The third-order valence-corrected chi connectivity index (χ3v) is 2.83. The van der Waals surface area contributed by atoms with Gasteiger partial charge in [-0.15, -0.1) is 24.4 Å². The summed E-state index contributed by atoms with van der Waals surface area (Å²) in [5.41, 5.74) is 3.07. The minimum atomic E-state index is 0. The molecule has 1 aromatic rings. The van der Waals surface area contributed by atoms with Crippen LogP contribution in [-0.2, 0) is 37.0 Å². The first-order chi connectivity index (χ1) is 8.23. The molecule has 21 heavy (non-hydrogen) atoms. The van der Waals surface area contributed by atoms with Gasteiger partial charge in [-0.3, -0.25) is 6.08 Å². The number of nitrogens with one attached hydrogen (secondary N) is 1. The third-order valence-electron chi connectivity index (χ3n) is 2.83. The minimum Gasteiger partial charge on any atom is -1.00 e. The van der Waals surface area contributed by atoms with Gasteiger partial charge in [-0.1, -0.05) is 47.0 Å². The maximum absolute atomic E-state index is 3.23. The quantitative estimate of drug-likeness (QED) is 0.518. The normalized spacial score (nSPS) is 12.5. The van der Waals surface area contributed by atoms with E-state index in [9.17, 15) is 0 Å². The molecule has 1 aliphatic carbocycles. The van der Waals surface area contributed by atoms with Gasteiger partial charge in [0.15, 0.2) is 0 Å². The molecule has 0 atom stereocenters.